The van der Waals surface area contributed by atoms with E-state index in [1.54, 1.807) is 30.6 Å². The summed E-state index contributed by atoms with van der Waals surface area (Å²) in [6.07, 6.45) is 5.38. The van der Waals surface area contributed by atoms with Crippen molar-refractivity contribution in [2.75, 3.05) is 13.1 Å². The number of nitrogens with one attached hydrogen (secondary N) is 2. The van der Waals surface area contributed by atoms with Crippen LogP contribution < -0.4 is 10.1 Å². The van der Waals surface area contributed by atoms with Crippen LogP contribution >= 0.6 is 23.2 Å². The summed E-state index contributed by atoms with van der Waals surface area (Å²) in [6.45, 7) is 1.18. The van der Waals surface area contributed by atoms with Gasteiger partial charge in [0.05, 0.1) is 28.7 Å². The van der Waals surface area contributed by atoms with Crippen LogP contribution in [0.2, 0.25) is 10.0 Å². The Morgan fingerprint density at radius 2 is 2.11 bits per heavy atom. The molecule has 8 heteroatoms. The number of ether oxygens (including phenoxy) is 1. The molecule has 0 aliphatic carbocycles. The van der Waals surface area contributed by atoms with Crippen LogP contribution in [0.3, 0.4) is 0 Å². The Hall–Kier alpha value is -2.54. The topological polar surface area (TPSA) is 80.2 Å². The molecule has 28 heavy (non-hydrogen) atoms. The molecule has 0 saturated heterocycles. The molecule has 6 nitrogen and oxygen atoms in total. The maximum Gasteiger partial charge on any atom is 0.173 e. The van der Waals surface area contributed by atoms with Gasteiger partial charge in [0.25, 0.3) is 0 Å². The van der Waals surface area contributed by atoms with Crippen LogP contribution in [0, 0.1) is 0 Å². The van der Waals surface area contributed by atoms with Gasteiger partial charge < -0.3 is 14.5 Å². The number of furan rings is 1. The Morgan fingerprint density at radius 1 is 1.21 bits per heavy atom. The molecule has 0 radical (unpaired) electrons. The minimum atomic E-state index is -0.313. The predicted molar refractivity (Wildman–Crippen MR) is 106 cm³/mol. The standard InChI is InChI=1S/C20H17Cl2N3O3/c21-16-3-1-13(7-17(16)22)27-11-14-2-4-19(28-14)20(12-8-24-25-9-12)15-5-6-23-10-18(15)26/h1-5,7-9,20,23H,6,10-11H2,(H,24,25). The second-order valence-corrected chi connectivity index (χ2v) is 7.16. The van der Waals surface area contributed by atoms with Crippen LogP contribution in [0.1, 0.15) is 23.0 Å². The van der Waals surface area contributed by atoms with Crippen molar-refractivity contribution in [1.82, 2.24) is 15.5 Å². The molecular weight excluding hydrogens is 401 g/mol. The number of rotatable bonds is 6. The number of H-pyrrole nitrogens is 1. The van der Waals surface area contributed by atoms with Crippen LogP contribution in [0.4, 0.5) is 0 Å². The highest BCUT2D eigenvalue weighted by atomic mass is 35.5. The number of Topliss-reactive ketones (excluding diaryl/α,β-unsaturated/α-hetero) is 1. The van der Waals surface area contributed by atoms with Gasteiger partial charge in [0.2, 0.25) is 0 Å². The predicted octanol–water partition coefficient (Wildman–Crippen LogP) is 4.12. The summed E-state index contributed by atoms with van der Waals surface area (Å²) in [5.74, 6) is 1.62. The van der Waals surface area contributed by atoms with Gasteiger partial charge in [0.1, 0.15) is 23.9 Å². The van der Waals surface area contributed by atoms with E-state index in [0.717, 1.165) is 5.56 Å². The number of benzene rings is 1. The van der Waals surface area contributed by atoms with Crippen molar-refractivity contribution in [1.29, 1.82) is 0 Å². The molecule has 0 spiro atoms. The molecule has 0 amide bonds. The fourth-order valence-electron chi connectivity index (χ4n) is 3.13. The lowest BCUT2D eigenvalue weighted by molar-refractivity contribution is -0.115. The van der Waals surface area contributed by atoms with E-state index in [2.05, 4.69) is 15.5 Å². The first-order valence-corrected chi connectivity index (χ1v) is 9.46. The van der Waals surface area contributed by atoms with E-state index < -0.39 is 0 Å². The van der Waals surface area contributed by atoms with E-state index in [1.807, 2.05) is 18.2 Å². The Morgan fingerprint density at radius 3 is 2.86 bits per heavy atom. The molecular formula is C20H17Cl2N3O3. The summed E-state index contributed by atoms with van der Waals surface area (Å²) in [5, 5.41) is 10.8. The normalized spacial score (nSPS) is 15.4. The zero-order chi connectivity index (χ0) is 19.5. The van der Waals surface area contributed by atoms with E-state index in [4.69, 9.17) is 32.4 Å². The third-order valence-electron chi connectivity index (χ3n) is 4.48. The highest BCUT2D eigenvalue weighted by molar-refractivity contribution is 6.42. The zero-order valence-electron chi connectivity index (χ0n) is 14.7. The molecule has 1 aliphatic rings. The first-order valence-electron chi connectivity index (χ1n) is 8.71. The number of aromatic nitrogens is 2. The van der Waals surface area contributed by atoms with E-state index in [-0.39, 0.29) is 18.3 Å². The minimum Gasteiger partial charge on any atom is -0.486 e. The second-order valence-electron chi connectivity index (χ2n) is 6.35. The summed E-state index contributed by atoms with van der Waals surface area (Å²) < 4.78 is 11.7. The molecule has 2 aromatic heterocycles. The van der Waals surface area contributed by atoms with Gasteiger partial charge in [0.15, 0.2) is 5.78 Å². The molecule has 0 saturated carbocycles. The van der Waals surface area contributed by atoms with Gasteiger partial charge in [-0.05, 0) is 24.3 Å². The quantitative estimate of drug-likeness (QED) is 0.630. The van der Waals surface area contributed by atoms with Crippen molar-refractivity contribution in [3.63, 3.8) is 0 Å². The van der Waals surface area contributed by atoms with Crippen LogP contribution in [-0.4, -0.2) is 29.1 Å². The minimum absolute atomic E-state index is 0.0439. The van der Waals surface area contributed by atoms with Crippen LogP contribution in [0.5, 0.6) is 5.75 Å². The number of carbonyl (C=O) groups is 1. The molecule has 0 bridgehead atoms. The number of carbonyl (C=O) groups excluding carboxylic acids is 1. The van der Waals surface area contributed by atoms with Crippen molar-refractivity contribution in [3.8, 4) is 5.75 Å². The molecule has 3 heterocycles. The van der Waals surface area contributed by atoms with Gasteiger partial charge in [0, 0.05) is 29.9 Å². The number of hydrogen-bond acceptors (Lipinski definition) is 5. The molecule has 3 aromatic rings. The number of nitrogens with zero attached hydrogens (tertiary/aromatic N) is 1. The highest BCUT2D eigenvalue weighted by Gasteiger charge is 2.29. The smallest absolute Gasteiger partial charge is 0.173 e. The molecule has 2 N–H and O–H groups in total. The van der Waals surface area contributed by atoms with Crippen LogP contribution in [0.25, 0.3) is 0 Å². The maximum absolute atomic E-state index is 12.4. The molecule has 0 fully saturated rings. The average Bonchev–Trinajstić information content (AvgIpc) is 3.37. The van der Waals surface area contributed by atoms with E-state index in [0.29, 0.717) is 46.0 Å². The summed E-state index contributed by atoms with van der Waals surface area (Å²) in [6, 6.07) is 8.77. The Kier molecular flexibility index (Phi) is 5.52. The molecule has 4 rings (SSSR count). The lowest BCUT2D eigenvalue weighted by atomic mass is 9.87. The third kappa shape index (κ3) is 3.99. The first kappa shape index (κ1) is 18.8. The SMILES string of the molecule is O=C1CNCC=C1C(c1cn[nH]c1)c1ccc(COc2ccc(Cl)c(Cl)c2)o1. The van der Waals surface area contributed by atoms with Crippen LogP contribution in [-0.2, 0) is 11.4 Å². The van der Waals surface area contributed by atoms with Gasteiger partial charge in [-0.15, -0.1) is 0 Å². The number of ketones is 1. The van der Waals surface area contributed by atoms with E-state index >= 15 is 0 Å². The summed E-state index contributed by atoms with van der Waals surface area (Å²) >= 11 is 11.9. The second kappa shape index (κ2) is 8.22. The van der Waals surface area contributed by atoms with E-state index in [9.17, 15) is 4.79 Å². The molecule has 144 valence electrons. The summed E-state index contributed by atoms with van der Waals surface area (Å²) in [7, 11) is 0. The first-order chi connectivity index (χ1) is 13.6. The third-order valence-corrected chi connectivity index (χ3v) is 5.22. The Labute approximate surface area is 171 Å². The fraction of sp³-hybridized carbons (Fsp3) is 0.200. The molecule has 1 aliphatic heterocycles. The Balaban J connectivity index is 1.55. The van der Waals surface area contributed by atoms with Crippen molar-refractivity contribution in [2.45, 2.75) is 12.5 Å². The van der Waals surface area contributed by atoms with Crippen LogP contribution in [0.15, 0.2) is 58.8 Å². The number of hydrogen-bond donors (Lipinski definition) is 2. The average molecular weight is 418 g/mol. The van der Waals surface area contributed by atoms with E-state index in [1.165, 1.54) is 0 Å². The lowest BCUT2D eigenvalue weighted by Crippen LogP contribution is -2.31. The largest absolute Gasteiger partial charge is 0.486 e. The van der Waals surface area contributed by atoms with Crippen molar-refractivity contribution in [3.05, 3.63) is 81.5 Å². The summed E-state index contributed by atoms with van der Waals surface area (Å²) in [5.41, 5.74) is 1.57. The van der Waals surface area contributed by atoms with Gasteiger partial charge in [-0.2, -0.15) is 5.10 Å². The maximum atomic E-state index is 12.4. The number of aromatic amines is 1. The molecule has 1 unspecified atom stereocenters. The summed E-state index contributed by atoms with van der Waals surface area (Å²) in [4.78, 5) is 12.4. The fourth-order valence-corrected chi connectivity index (χ4v) is 3.41. The van der Waals surface area contributed by atoms with Gasteiger partial charge >= 0.3 is 0 Å². The zero-order valence-corrected chi connectivity index (χ0v) is 16.3. The van der Waals surface area contributed by atoms with Gasteiger partial charge in [-0.1, -0.05) is 29.3 Å². The molecule has 1 atom stereocenters. The lowest BCUT2D eigenvalue weighted by Gasteiger charge is -2.20. The number of halogens is 2. The van der Waals surface area contributed by atoms with Crippen molar-refractivity contribution < 1.29 is 13.9 Å². The Bertz CT molecular complexity index is 1010. The van der Waals surface area contributed by atoms with Crippen molar-refractivity contribution >= 4 is 29.0 Å². The highest BCUT2D eigenvalue weighted by Crippen LogP contribution is 2.34. The monoisotopic (exact) mass is 417 g/mol. The van der Waals surface area contributed by atoms with Crippen molar-refractivity contribution in [2.24, 2.45) is 0 Å². The van der Waals surface area contributed by atoms with Gasteiger partial charge in [-0.3, -0.25) is 9.89 Å². The van der Waals surface area contributed by atoms with Gasteiger partial charge in [-0.25, -0.2) is 0 Å². The molecule has 1 aromatic carbocycles.